The monoisotopic (exact) mass is 422 g/mol. The van der Waals surface area contributed by atoms with Gasteiger partial charge in [-0.25, -0.2) is 8.42 Å². The third-order valence-corrected chi connectivity index (χ3v) is 5.98. The highest BCUT2D eigenvalue weighted by Crippen LogP contribution is 2.29. The van der Waals surface area contributed by atoms with E-state index >= 15 is 0 Å². The lowest BCUT2D eigenvalue weighted by Gasteiger charge is -2.31. The van der Waals surface area contributed by atoms with Gasteiger partial charge in [0.15, 0.2) is 0 Å². The standard InChI is InChI=1S/C21H27ClN2O3S/c1-6-19(21(25)23-18-11-8-16(9-12-18)14(2)3)24(28(5,26)27)20-13-17(22)10-7-15(20)4/h7-14,19H,6H2,1-5H3,(H,23,25). The fourth-order valence-electron chi connectivity index (χ4n) is 3.03. The molecule has 0 saturated heterocycles. The Morgan fingerprint density at radius 3 is 2.25 bits per heavy atom. The summed E-state index contributed by atoms with van der Waals surface area (Å²) in [6.45, 7) is 7.76. The predicted octanol–water partition coefficient (Wildman–Crippen LogP) is 4.96. The van der Waals surface area contributed by atoms with Gasteiger partial charge in [-0.3, -0.25) is 9.10 Å². The number of rotatable bonds is 7. The predicted molar refractivity (Wildman–Crippen MR) is 117 cm³/mol. The zero-order valence-corrected chi connectivity index (χ0v) is 18.4. The molecular formula is C21H27ClN2O3S. The molecule has 5 nitrogen and oxygen atoms in total. The van der Waals surface area contributed by atoms with Gasteiger partial charge in [0.05, 0.1) is 11.9 Å². The number of aryl methyl sites for hydroxylation is 1. The molecule has 152 valence electrons. The second-order valence-corrected chi connectivity index (χ2v) is 9.48. The van der Waals surface area contributed by atoms with E-state index in [4.69, 9.17) is 11.6 Å². The van der Waals surface area contributed by atoms with Crippen LogP contribution in [0, 0.1) is 6.92 Å². The van der Waals surface area contributed by atoms with Crippen LogP contribution in [0.25, 0.3) is 0 Å². The zero-order chi connectivity index (χ0) is 21.1. The van der Waals surface area contributed by atoms with Crippen molar-refractivity contribution < 1.29 is 13.2 Å². The SMILES string of the molecule is CCC(C(=O)Nc1ccc(C(C)C)cc1)N(c1cc(Cl)ccc1C)S(C)(=O)=O. The molecule has 0 heterocycles. The van der Waals surface area contributed by atoms with Crippen LogP contribution < -0.4 is 9.62 Å². The third-order valence-electron chi connectivity index (χ3n) is 4.58. The van der Waals surface area contributed by atoms with E-state index in [-0.39, 0.29) is 5.91 Å². The molecule has 1 N–H and O–H groups in total. The number of nitrogens with zero attached hydrogens (tertiary/aromatic N) is 1. The van der Waals surface area contributed by atoms with Gasteiger partial charge in [-0.15, -0.1) is 0 Å². The Bertz CT molecular complexity index is 941. The fraction of sp³-hybridized carbons (Fsp3) is 0.381. The van der Waals surface area contributed by atoms with Gasteiger partial charge in [0.25, 0.3) is 0 Å². The molecule has 0 spiro atoms. The summed E-state index contributed by atoms with van der Waals surface area (Å²) < 4.78 is 26.3. The number of sulfonamides is 1. The topological polar surface area (TPSA) is 66.5 Å². The summed E-state index contributed by atoms with van der Waals surface area (Å²) >= 11 is 6.09. The number of nitrogens with one attached hydrogen (secondary N) is 1. The van der Waals surface area contributed by atoms with Gasteiger partial charge in [-0.05, 0) is 54.7 Å². The van der Waals surface area contributed by atoms with Crippen LogP contribution in [0.1, 0.15) is 44.2 Å². The number of hydrogen-bond donors (Lipinski definition) is 1. The van der Waals surface area contributed by atoms with E-state index in [2.05, 4.69) is 19.2 Å². The molecule has 1 atom stereocenters. The van der Waals surface area contributed by atoms with Crippen LogP contribution in [0.15, 0.2) is 42.5 Å². The number of halogens is 1. The molecule has 2 aromatic carbocycles. The van der Waals surface area contributed by atoms with Gasteiger partial charge in [0, 0.05) is 10.7 Å². The first-order valence-corrected chi connectivity index (χ1v) is 11.4. The molecule has 0 aliphatic heterocycles. The highest BCUT2D eigenvalue weighted by Gasteiger charge is 2.32. The Kier molecular flexibility index (Phi) is 7.12. The highest BCUT2D eigenvalue weighted by atomic mass is 35.5. The minimum Gasteiger partial charge on any atom is -0.324 e. The van der Waals surface area contributed by atoms with Crippen LogP contribution in [-0.4, -0.2) is 26.6 Å². The summed E-state index contributed by atoms with van der Waals surface area (Å²) in [5.41, 5.74) is 2.93. The number of anilines is 2. The van der Waals surface area contributed by atoms with Crippen molar-refractivity contribution in [2.75, 3.05) is 15.9 Å². The maximum Gasteiger partial charge on any atom is 0.248 e. The number of carbonyl (C=O) groups is 1. The lowest BCUT2D eigenvalue weighted by atomic mass is 10.0. The van der Waals surface area contributed by atoms with E-state index < -0.39 is 16.1 Å². The maximum absolute atomic E-state index is 13.0. The first kappa shape index (κ1) is 22.2. The normalized spacial score (nSPS) is 12.7. The largest absolute Gasteiger partial charge is 0.324 e. The van der Waals surface area contributed by atoms with Crippen molar-refractivity contribution in [1.29, 1.82) is 0 Å². The molecule has 1 unspecified atom stereocenters. The average Bonchev–Trinajstić information content (AvgIpc) is 2.61. The van der Waals surface area contributed by atoms with E-state index in [0.29, 0.717) is 28.7 Å². The average molecular weight is 423 g/mol. The summed E-state index contributed by atoms with van der Waals surface area (Å²) in [6.07, 6.45) is 1.41. The van der Waals surface area contributed by atoms with Gasteiger partial charge < -0.3 is 5.32 Å². The van der Waals surface area contributed by atoms with E-state index in [9.17, 15) is 13.2 Å². The summed E-state index contributed by atoms with van der Waals surface area (Å²) in [4.78, 5) is 13.0. The van der Waals surface area contributed by atoms with Gasteiger partial charge in [0.2, 0.25) is 15.9 Å². The van der Waals surface area contributed by atoms with Gasteiger partial charge in [-0.2, -0.15) is 0 Å². The zero-order valence-electron chi connectivity index (χ0n) is 16.9. The fourth-order valence-corrected chi connectivity index (χ4v) is 4.46. The summed E-state index contributed by atoms with van der Waals surface area (Å²) in [5, 5.41) is 3.25. The minimum absolute atomic E-state index is 0.314. The first-order valence-electron chi connectivity index (χ1n) is 9.21. The molecule has 0 bridgehead atoms. The van der Waals surface area contributed by atoms with Crippen molar-refractivity contribution in [2.45, 2.75) is 46.1 Å². The van der Waals surface area contributed by atoms with Crippen molar-refractivity contribution >= 4 is 38.9 Å². The molecule has 2 aromatic rings. The first-order chi connectivity index (χ1) is 13.0. The summed E-state index contributed by atoms with van der Waals surface area (Å²) in [7, 11) is -3.71. The van der Waals surface area contributed by atoms with Crippen LogP contribution >= 0.6 is 11.6 Å². The molecule has 0 aliphatic carbocycles. The number of hydrogen-bond acceptors (Lipinski definition) is 3. The van der Waals surface area contributed by atoms with Crippen molar-refractivity contribution in [3.8, 4) is 0 Å². The smallest absolute Gasteiger partial charge is 0.248 e. The molecule has 28 heavy (non-hydrogen) atoms. The van der Waals surface area contributed by atoms with E-state index in [1.807, 2.05) is 24.3 Å². The Hall–Kier alpha value is -2.05. The van der Waals surface area contributed by atoms with Gasteiger partial charge in [0.1, 0.15) is 6.04 Å². The minimum atomic E-state index is -3.71. The third kappa shape index (κ3) is 5.26. The number of carbonyl (C=O) groups excluding carboxylic acids is 1. The van der Waals surface area contributed by atoms with Crippen LogP contribution in [-0.2, 0) is 14.8 Å². The lowest BCUT2D eigenvalue weighted by Crippen LogP contribution is -2.47. The van der Waals surface area contributed by atoms with Crippen molar-refractivity contribution in [3.05, 3.63) is 58.6 Å². The second kappa shape index (κ2) is 8.97. The Morgan fingerprint density at radius 1 is 1.14 bits per heavy atom. The Labute approximate surface area is 172 Å². The van der Waals surface area contributed by atoms with Crippen molar-refractivity contribution in [1.82, 2.24) is 0 Å². The summed E-state index contributed by atoms with van der Waals surface area (Å²) in [6, 6.07) is 11.7. The molecule has 2 rings (SSSR count). The second-order valence-electron chi connectivity index (χ2n) is 7.18. The maximum atomic E-state index is 13.0. The van der Waals surface area contributed by atoms with Crippen LogP contribution in [0.2, 0.25) is 5.02 Å². The van der Waals surface area contributed by atoms with Crippen LogP contribution in [0.5, 0.6) is 0 Å². The van der Waals surface area contributed by atoms with Gasteiger partial charge in [-0.1, -0.05) is 50.6 Å². The molecule has 0 fully saturated rings. The molecule has 0 radical (unpaired) electrons. The number of amides is 1. The molecular weight excluding hydrogens is 396 g/mol. The van der Waals surface area contributed by atoms with Crippen molar-refractivity contribution in [3.63, 3.8) is 0 Å². The number of benzene rings is 2. The van der Waals surface area contributed by atoms with E-state index in [1.54, 1.807) is 32.0 Å². The molecule has 0 aliphatic rings. The van der Waals surface area contributed by atoms with Crippen LogP contribution in [0.3, 0.4) is 0 Å². The van der Waals surface area contributed by atoms with E-state index in [0.717, 1.165) is 21.7 Å². The summed E-state index contributed by atoms with van der Waals surface area (Å²) in [5.74, 6) is 0.00395. The molecule has 0 aromatic heterocycles. The van der Waals surface area contributed by atoms with Crippen molar-refractivity contribution in [2.24, 2.45) is 0 Å². The quantitative estimate of drug-likeness (QED) is 0.686. The Morgan fingerprint density at radius 2 is 1.75 bits per heavy atom. The molecule has 0 saturated carbocycles. The van der Waals surface area contributed by atoms with Crippen LogP contribution in [0.4, 0.5) is 11.4 Å². The molecule has 7 heteroatoms. The van der Waals surface area contributed by atoms with E-state index in [1.165, 1.54) is 0 Å². The lowest BCUT2D eigenvalue weighted by molar-refractivity contribution is -0.117. The Balaban J connectivity index is 2.38. The highest BCUT2D eigenvalue weighted by molar-refractivity contribution is 7.92. The van der Waals surface area contributed by atoms with Gasteiger partial charge >= 0.3 is 0 Å². The molecule has 1 amide bonds.